The summed E-state index contributed by atoms with van der Waals surface area (Å²) in [6, 6.07) is 0.746. The maximum atomic E-state index is 13.8. The lowest BCUT2D eigenvalue weighted by Gasteiger charge is -2.11. The molecule has 26 heavy (non-hydrogen) atoms. The largest absolute Gasteiger partial charge is 0.534 e. The van der Waals surface area contributed by atoms with Crippen LogP contribution in [0.5, 0.6) is 5.75 Å². The second kappa shape index (κ2) is 5.89. The molecule has 3 aromatic heterocycles. The van der Waals surface area contributed by atoms with Crippen molar-refractivity contribution in [2.24, 2.45) is 0 Å². The Balaban J connectivity index is 2.16. The number of nitrogens with zero attached hydrogens (tertiary/aromatic N) is 4. The molecule has 0 bridgehead atoms. The first-order valence-electron chi connectivity index (χ1n) is 6.50. The predicted molar refractivity (Wildman–Crippen MR) is 73.2 cm³/mol. The average Bonchev–Trinajstić information content (AvgIpc) is 3.13. The zero-order valence-electron chi connectivity index (χ0n) is 12.2. The van der Waals surface area contributed by atoms with Crippen molar-refractivity contribution >= 4 is 15.6 Å². The number of pyridine rings is 1. The first kappa shape index (κ1) is 18.0. The fraction of sp³-hybridized carbons (Fsp3) is 0.167. The zero-order chi connectivity index (χ0) is 19.3. The Hall–Kier alpha value is -2.77. The van der Waals surface area contributed by atoms with Gasteiger partial charge in [0, 0.05) is 23.5 Å². The van der Waals surface area contributed by atoms with Crippen molar-refractivity contribution in [2.75, 3.05) is 0 Å². The summed E-state index contributed by atoms with van der Waals surface area (Å²) in [7, 11) is -6.09. The first-order valence-corrected chi connectivity index (χ1v) is 7.91. The first-order chi connectivity index (χ1) is 12.0. The number of fused-ring (bicyclic) bond motifs is 1. The predicted octanol–water partition coefficient (Wildman–Crippen LogP) is 2.96. The number of aromatic nitrogens is 4. The van der Waals surface area contributed by atoms with Crippen molar-refractivity contribution in [2.45, 2.75) is 12.1 Å². The highest BCUT2D eigenvalue weighted by Crippen LogP contribution is 2.34. The standard InChI is InChI=1S/C12H6F6N4O3S/c13-8-3-20-21-4-6(7-2-19-22(5-7)11(14)15)1-9(10(8)21)25-26(23,24)12(16,17)18/h1-5,11H. The molecule has 3 rings (SSSR count). The van der Waals surface area contributed by atoms with Gasteiger partial charge in [-0.15, -0.1) is 0 Å². The summed E-state index contributed by atoms with van der Waals surface area (Å²) in [5, 5.41) is 6.85. The van der Waals surface area contributed by atoms with E-state index in [2.05, 4.69) is 14.4 Å². The molecule has 7 nitrogen and oxygen atoms in total. The number of hydrogen-bond donors (Lipinski definition) is 0. The fourth-order valence-electron chi connectivity index (χ4n) is 2.03. The average molecular weight is 400 g/mol. The monoisotopic (exact) mass is 400 g/mol. The quantitative estimate of drug-likeness (QED) is 0.382. The van der Waals surface area contributed by atoms with Gasteiger partial charge >= 0.3 is 22.2 Å². The summed E-state index contributed by atoms with van der Waals surface area (Å²) >= 11 is 0. The van der Waals surface area contributed by atoms with E-state index in [1.165, 1.54) is 0 Å². The molecule has 0 radical (unpaired) electrons. The third-order valence-electron chi connectivity index (χ3n) is 3.15. The topological polar surface area (TPSA) is 78.5 Å². The van der Waals surface area contributed by atoms with Crippen LogP contribution in [0.15, 0.2) is 30.9 Å². The Morgan fingerprint density at radius 1 is 1.08 bits per heavy atom. The van der Waals surface area contributed by atoms with Crippen LogP contribution in [0.3, 0.4) is 0 Å². The third kappa shape index (κ3) is 3.07. The molecule has 0 amide bonds. The van der Waals surface area contributed by atoms with Crippen LogP contribution in [0.25, 0.3) is 16.6 Å². The van der Waals surface area contributed by atoms with Crippen LogP contribution in [-0.4, -0.2) is 33.3 Å². The molecule has 0 aliphatic carbocycles. The van der Waals surface area contributed by atoms with Gasteiger partial charge in [-0.3, -0.25) is 0 Å². The van der Waals surface area contributed by atoms with Gasteiger partial charge in [-0.05, 0) is 6.07 Å². The van der Waals surface area contributed by atoms with Crippen molar-refractivity contribution in [1.29, 1.82) is 0 Å². The van der Waals surface area contributed by atoms with Crippen LogP contribution in [0.1, 0.15) is 6.55 Å². The van der Waals surface area contributed by atoms with E-state index in [0.717, 1.165) is 24.7 Å². The van der Waals surface area contributed by atoms with Crippen molar-refractivity contribution in [3.63, 3.8) is 0 Å². The highest BCUT2D eigenvalue weighted by molar-refractivity contribution is 7.88. The van der Waals surface area contributed by atoms with E-state index in [1.807, 2.05) is 0 Å². The lowest BCUT2D eigenvalue weighted by molar-refractivity contribution is -0.0499. The van der Waals surface area contributed by atoms with Gasteiger partial charge in [-0.1, -0.05) is 0 Å². The van der Waals surface area contributed by atoms with Gasteiger partial charge in [0.15, 0.2) is 11.6 Å². The number of halogens is 6. The second-order valence-electron chi connectivity index (χ2n) is 4.85. The second-order valence-corrected chi connectivity index (χ2v) is 6.39. The number of hydrogen-bond acceptors (Lipinski definition) is 5. The third-order valence-corrected chi connectivity index (χ3v) is 4.12. The van der Waals surface area contributed by atoms with Gasteiger partial charge in [0.2, 0.25) is 0 Å². The lowest BCUT2D eigenvalue weighted by Crippen LogP contribution is -2.28. The van der Waals surface area contributed by atoms with E-state index in [-0.39, 0.29) is 15.8 Å². The minimum absolute atomic E-state index is 0.0163. The molecule has 0 spiro atoms. The van der Waals surface area contributed by atoms with Crippen LogP contribution in [-0.2, 0) is 10.1 Å². The maximum Gasteiger partial charge on any atom is 0.534 e. The molecule has 0 N–H and O–H groups in total. The van der Waals surface area contributed by atoms with Crippen LogP contribution in [0, 0.1) is 5.82 Å². The highest BCUT2D eigenvalue weighted by Gasteiger charge is 2.49. The Bertz CT molecular complexity index is 1070. The lowest BCUT2D eigenvalue weighted by atomic mass is 10.1. The molecule has 3 heterocycles. The van der Waals surface area contributed by atoms with Crippen LogP contribution in [0.4, 0.5) is 26.3 Å². The number of rotatable bonds is 4. The number of alkyl halides is 5. The Kier molecular flexibility index (Phi) is 4.09. The van der Waals surface area contributed by atoms with Crippen molar-refractivity contribution in [3.05, 3.63) is 36.7 Å². The van der Waals surface area contributed by atoms with Gasteiger partial charge in [0.1, 0.15) is 5.52 Å². The van der Waals surface area contributed by atoms with E-state index < -0.39 is 39.3 Å². The SMILES string of the molecule is O=S(=O)(Oc1cc(-c2cnn(C(F)F)c2)cn2ncc(F)c12)C(F)(F)F. The van der Waals surface area contributed by atoms with Crippen LogP contribution < -0.4 is 4.18 Å². The molecule has 0 unspecified atom stereocenters. The minimum Gasteiger partial charge on any atom is -0.374 e. The van der Waals surface area contributed by atoms with Crippen LogP contribution in [0.2, 0.25) is 0 Å². The minimum atomic E-state index is -6.09. The smallest absolute Gasteiger partial charge is 0.374 e. The zero-order valence-corrected chi connectivity index (χ0v) is 13.0. The summed E-state index contributed by atoms with van der Waals surface area (Å²) < 4.78 is 104. The molecule has 0 atom stereocenters. The van der Waals surface area contributed by atoms with Gasteiger partial charge in [0.05, 0.1) is 12.4 Å². The molecule has 0 fully saturated rings. The Labute approximate surface area is 140 Å². The summed E-state index contributed by atoms with van der Waals surface area (Å²) in [4.78, 5) is 0. The van der Waals surface area contributed by atoms with Gasteiger partial charge in [-0.25, -0.2) is 13.6 Å². The van der Waals surface area contributed by atoms with E-state index in [0.29, 0.717) is 10.7 Å². The van der Waals surface area contributed by atoms with E-state index >= 15 is 0 Å². The van der Waals surface area contributed by atoms with E-state index in [1.54, 1.807) is 0 Å². The summed E-state index contributed by atoms with van der Waals surface area (Å²) in [6.07, 6.45) is 3.51. The summed E-state index contributed by atoms with van der Waals surface area (Å²) in [5.41, 5.74) is -6.53. The van der Waals surface area contributed by atoms with Crippen molar-refractivity contribution in [1.82, 2.24) is 19.4 Å². The molecule has 0 aliphatic rings. The molecular formula is C12H6F6N4O3S. The van der Waals surface area contributed by atoms with E-state index in [4.69, 9.17) is 0 Å². The summed E-state index contributed by atoms with van der Waals surface area (Å²) in [6.45, 7) is -2.98. The highest BCUT2D eigenvalue weighted by atomic mass is 32.2. The van der Waals surface area contributed by atoms with Crippen molar-refractivity contribution in [3.8, 4) is 16.9 Å². The van der Waals surface area contributed by atoms with Gasteiger partial charge < -0.3 is 4.18 Å². The van der Waals surface area contributed by atoms with E-state index in [9.17, 15) is 34.8 Å². The molecular weight excluding hydrogens is 394 g/mol. The van der Waals surface area contributed by atoms with Gasteiger partial charge in [0.25, 0.3) is 0 Å². The van der Waals surface area contributed by atoms with Gasteiger partial charge in [-0.2, -0.15) is 40.6 Å². The molecule has 0 aliphatic heterocycles. The molecule has 0 aromatic carbocycles. The maximum absolute atomic E-state index is 13.8. The molecule has 0 saturated heterocycles. The molecule has 14 heteroatoms. The molecule has 140 valence electrons. The molecule has 3 aromatic rings. The van der Waals surface area contributed by atoms with Crippen molar-refractivity contribution < 1.29 is 38.9 Å². The molecule has 0 saturated carbocycles. The van der Waals surface area contributed by atoms with Crippen LogP contribution >= 0.6 is 0 Å². The fourth-order valence-corrected chi connectivity index (χ4v) is 2.49. The normalized spacial score (nSPS) is 12.9. The summed E-state index contributed by atoms with van der Waals surface area (Å²) in [5.74, 6) is -2.16. The Morgan fingerprint density at radius 2 is 1.77 bits per heavy atom. The Morgan fingerprint density at radius 3 is 2.35 bits per heavy atom.